The molecule has 6 nitrogen and oxygen atoms in total. The van der Waals surface area contributed by atoms with Gasteiger partial charge in [-0.1, -0.05) is 12.1 Å². The molecule has 0 saturated heterocycles. The van der Waals surface area contributed by atoms with Gasteiger partial charge in [0.05, 0.1) is 10.5 Å². The molecule has 0 aliphatic rings. The molecule has 0 atom stereocenters. The summed E-state index contributed by atoms with van der Waals surface area (Å²) >= 11 is 0. The molecule has 6 heteroatoms. The Kier molecular flexibility index (Phi) is 3.80. The van der Waals surface area contributed by atoms with Crippen LogP contribution in [0.25, 0.3) is 0 Å². The van der Waals surface area contributed by atoms with Crippen LogP contribution in [-0.4, -0.2) is 16.4 Å². The third-order valence-electron chi connectivity index (χ3n) is 1.80. The SMILES string of the molecule is CC(C)(C)ONC(=O)c1ccccc1[N+](=O)[O-]. The Labute approximate surface area is 98.7 Å². The molecule has 0 bridgehead atoms. The molecule has 0 spiro atoms. The van der Waals surface area contributed by atoms with E-state index in [-0.39, 0.29) is 11.3 Å². The van der Waals surface area contributed by atoms with Gasteiger partial charge in [0.1, 0.15) is 5.56 Å². The zero-order chi connectivity index (χ0) is 13.1. The predicted octanol–water partition coefficient (Wildman–Crippen LogP) is 2.05. The zero-order valence-corrected chi connectivity index (χ0v) is 9.89. The summed E-state index contributed by atoms with van der Waals surface area (Å²) in [6.45, 7) is 5.27. The quantitative estimate of drug-likeness (QED) is 0.645. The molecule has 0 aliphatic heterocycles. The van der Waals surface area contributed by atoms with Crippen molar-refractivity contribution in [1.29, 1.82) is 0 Å². The molecule has 0 saturated carbocycles. The lowest BCUT2D eigenvalue weighted by Crippen LogP contribution is -2.33. The number of nitro benzene ring substituents is 1. The molecule has 0 unspecified atom stereocenters. The van der Waals surface area contributed by atoms with Crippen molar-refractivity contribution in [2.75, 3.05) is 0 Å². The van der Waals surface area contributed by atoms with E-state index in [9.17, 15) is 14.9 Å². The number of nitrogens with one attached hydrogen (secondary N) is 1. The largest absolute Gasteiger partial charge is 0.282 e. The second-order valence-electron chi connectivity index (χ2n) is 4.42. The molecular weight excluding hydrogens is 224 g/mol. The van der Waals surface area contributed by atoms with Crippen LogP contribution in [0.5, 0.6) is 0 Å². The maximum absolute atomic E-state index is 11.7. The van der Waals surface area contributed by atoms with Crippen LogP contribution >= 0.6 is 0 Å². The Morgan fingerprint density at radius 3 is 2.47 bits per heavy atom. The van der Waals surface area contributed by atoms with E-state index in [0.29, 0.717) is 0 Å². The van der Waals surface area contributed by atoms with Gasteiger partial charge in [0.25, 0.3) is 11.6 Å². The van der Waals surface area contributed by atoms with Crippen LogP contribution in [-0.2, 0) is 4.84 Å². The van der Waals surface area contributed by atoms with Crippen molar-refractivity contribution >= 4 is 11.6 Å². The average Bonchev–Trinajstić information content (AvgIpc) is 2.25. The van der Waals surface area contributed by atoms with Gasteiger partial charge in [-0.3, -0.25) is 19.7 Å². The molecule has 0 radical (unpaired) electrons. The summed E-state index contributed by atoms with van der Waals surface area (Å²) in [4.78, 5) is 26.8. The van der Waals surface area contributed by atoms with E-state index < -0.39 is 16.4 Å². The van der Waals surface area contributed by atoms with Crippen molar-refractivity contribution in [2.24, 2.45) is 0 Å². The van der Waals surface area contributed by atoms with E-state index in [0.717, 1.165) is 0 Å². The van der Waals surface area contributed by atoms with Gasteiger partial charge in [-0.05, 0) is 26.8 Å². The van der Waals surface area contributed by atoms with Gasteiger partial charge < -0.3 is 0 Å². The van der Waals surface area contributed by atoms with Gasteiger partial charge in [-0.2, -0.15) is 0 Å². The minimum Gasteiger partial charge on any atom is -0.268 e. The van der Waals surface area contributed by atoms with Crippen LogP contribution in [0.15, 0.2) is 24.3 Å². The summed E-state index contributed by atoms with van der Waals surface area (Å²) in [5.41, 5.74) is 1.36. The number of carbonyl (C=O) groups is 1. The lowest BCUT2D eigenvalue weighted by atomic mass is 10.2. The first-order valence-electron chi connectivity index (χ1n) is 5.03. The van der Waals surface area contributed by atoms with E-state index in [1.807, 2.05) is 0 Å². The number of hydroxylamine groups is 1. The number of nitro groups is 1. The summed E-state index contributed by atoms with van der Waals surface area (Å²) in [7, 11) is 0. The van der Waals surface area contributed by atoms with Gasteiger partial charge in [0.15, 0.2) is 0 Å². The Hall–Kier alpha value is -1.95. The number of carbonyl (C=O) groups excluding carboxylic acids is 1. The number of hydrogen-bond acceptors (Lipinski definition) is 4. The smallest absolute Gasteiger partial charge is 0.268 e. The van der Waals surface area contributed by atoms with E-state index in [1.54, 1.807) is 26.8 Å². The number of amides is 1. The number of para-hydroxylation sites is 1. The molecule has 92 valence electrons. The summed E-state index contributed by atoms with van der Waals surface area (Å²) in [6.07, 6.45) is 0. The average molecular weight is 238 g/mol. The number of benzene rings is 1. The predicted molar refractivity (Wildman–Crippen MR) is 61.4 cm³/mol. The Balaban J connectivity index is 2.86. The summed E-state index contributed by atoms with van der Waals surface area (Å²) < 4.78 is 0. The van der Waals surface area contributed by atoms with Gasteiger partial charge in [0, 0.05) is 6.07 Å². The third-order valence-corrected chi connectivity index (χ3v) is 1.80. The fourth-order valence-corrected chi connectivity index (χ4v) is 1.08. The van der Waals surface area contributed by atoms with E-state index in [4.69, 9.17) is 4.84 Å². The van der Waals surface area contributed by atoms with Crippen molar-refractivity contribution in [2.45, 2.75) is 26.4 Å². The Morgan fingerprint density at radius 2 is 1.94 bits per heavy atom. The fraction of sp³-hybridized carbons (Fsp3) is 0.364. The van der Waals surface area contributed by atoms with Crippen LogP contribution in [0.2, 0.25) is 0 Å². The first-order chi connectivity index (χ1) is 7.81. The summed E-state index contributed by atoms with van der Waals surface area (Å²) in [5.74, 6) is -0.632. The second kappa shape index (κ2) is 4.92. The Bertz CT molecular complexity index is 437. The van der Waals surface area contributed by atoms with Gasteiger partial charge in [-0.25, -0.2) is 5.48 Å². The monoisotopic (exact) mass is 238 g/mol. The summed E-state index contributed by atoms with van der Waals surface area (Å²) in [6, 6.07) is 5.70. The molecule has 0 fully saturated rings. The van der Waals surface area contributed by atoms with Crippen molar-refractivity contribution in [3.63, 3.8) is 0 Å². The van der Waals surface area contributed by atoms with E-state index in [2.05, 4.69) is 5.48 Å². The van der Waals surface area contributed by atoms with Crippen LogP contribution < -0.4 is 5.48 Å². The number of nitrogens with zero attached hydrogens (tertiary/aromatic N) is 1. The molecule has 0 aromatic heterocycles. The van der Waals surface area contributed by atoms with Crippen LogP contribution in [0, 0.1) is 10.1 Å². The zero-order valence-electron chi connectivity index (χ0n) is 9.89. The highest BCUT2D eigenvalue weighted by Crippen LogP contribution is 2.17. The Morgan fingerprint density at radius 1 is 1.35 bits per heavy atom. The van der Waals surface area contributed by atoms with E-state index >= 15 is 0 Å². The van der Waals surface area contributed by atoms with Crippen LogP contribution in [0.4, 0.5) is 5.69 Å². The molecule has 1 amide bonds. The fourth-order valence-electron chi connectivity index (χ4n) is 1.08. The molecule has 1 rings (SSSR count). The molecule has 1 aromatic rings. The van der Waals surface area contributed by atoms with Gasteiger partial charge in [-0.15, -0.1) is 0 Å². The lowest BCUT2D eigenvalue weighted by Gasteiger charge is -2.18. The minimum absolute atomic E-state index is 0.0262. The first-order valence-corrected chi connectivity index (χ1v) is 5.03. The van der Waals surface area contributed by atoms with Crippen LogP contribution in [0.1, 0.15) is 31.1 Å². The number of hydrogen-bond donors (Lipinski definition) is 1. The lowest BCUT2D eigenvalue weighted by molar-refractivity contribution is -0.385. The highest BCUT2D eigenvalue weighted by molar-refractivity contribution is 5.97. The molecule has 17 heavy (non-hydrogen) atoms. The first kappa shape index (κ1) is 13.1. The highest BCUT2D eigenvalue weighted by atomic mass is 16.7. The maximum Gasteiger partial charge on any atom is 0.282 e. The van der Waals surface area contributed by atoms with Crippen molar-refractivity contribution in [3.05, 3.63) is 39.9 Å². The van der Waals surface area contributed by atoms with Gasteiger partial charge >= 0.3 is 0 Å². The molecule has 0 heterocycles. The minimum atomic E-state index is -0.632. The van der Waals surface area contributed by atoms with E-state index in [1.165, 1.54) is 18.2 Å². The standard InChI is InChI=1S/C11H14N2O4/c1-11(2,3)17-12-10(14)8-6-4-5-7-9(8)13(15)16/h4-7H,1-3H3,(H,12,14). The van der Waals surface area contributed by atoms with Crippen molar-refractivity contribution < 1.29 is 14.6 Å². The van der Waals surface area contributed by atoms with Crippen LogP contribution in [0.3, 0.4) is 0 Å². The van der Waals surface area contributed by atoms with Crippen molar-refractivity contribution in [3.8, 4) is 0 Å². The molecule has 1 N–H and O–H groups in total. The number of rotatable bonds is 3. The van der Waals surface area contributed by atoms with Crippen molar-refractivity contribution in [1.82, 2.24) is 5.48 Å². The summed E-state index contributed by atoms with van der Waals surface area (Å²) in [5, 5.41) is 10.7. The molecule has 1 aromatic carbocycles. The van der Waals surface area contributed by atoms with Gasteiger partial charge in [0.2, 0.25) is 0 Å². The normalized spacial score (nSPS) is 11.0. The molecular formula is C11H14N2O4. The highest BCUT2D eigenvalue weighted by Gasteiger charge is 2.21. The topological polar surface area (TPSA) is 81.5 Å². The third kappa shape index (κ3) is 3.84. The second-order valence-corrected chi connectivity index (χ2v) is 4.42. The molecule has 0 aliphatic carbocycles. The maximum atomic E-state index is 11.7.